The van der Waals surface area contributed by atoms with Crippen LogP contribution in [0.1, 0.15) is 0 Å². The van der Waals surface area contributed by atoms with Crippen molar-refractivity contribution in [2.24, 2.45) is 0 Å². The molecule has 0 bridgehead atoms. The van der Waals surface area contributed by atoms with Crippen LogP contribution in [0.4, 0.5) is 17.1 Å². The maximum atomic E-state index is 5.26. The number of para-hydroxylation sites is 8. The number of rotatable bonds is 5. The summed E-state index contributed by atoms with van der Waals surface area (Å²) in [6.45, 7) is 0. The summed E-state index contributed by atoms with van der Waals surface area (Å²) in [5.74, 6) is 1.59. The number of benzene rings is 7. The summed E-state index contributed by atoms with van der Waals surface area (Å²) in [5, 5.41) is 0. The van der Waals surface area contributed by atoms with Crippen molar-refractivity contribution in [2.75, 3.05) is 4.90 Å². The lowest BCUT2D eigenvalue weighted by Crippen LogP contribution is -2.09. The van der Waals surface area contributed by atoms with Crippen LogP contribution in [-0.2, 0) is 0 Å². The lowest BCUT2D eigenvalue weighted by Gasteiger charge is -2.25. The first-order chi connectivity index (χ1) is 24.8. The minimum absolute atomic E-state index is 0.793. The Morgan fingerprint density at radius 2 is 0.820 bits per heavy atom. The first-order valence-electron chi connectivity index (χ1n) is 16.8. The zero-order valence-electron chi connectivity index (χ0n) is 27.0. The molecular formula is C44H30N6. The number of hydrogen-bond donors (Lipinski definition) is 0. The van der Waals surface area contributed by atoms with Gasteiger partial charge in [-0.05, 0) is 96.1 Å². The van der Waals surface area contributed by atoms with E-state index in [2.05, 4.69) is 188 Å². The molecule has 3 heterocycles. The Balaban J connectivity index is 1.20. The van der Waals surface area contributed by atoms with Gasteiger partial charge in [0.25, 0.3) is 0 Å². The molecule has 50 heavy (non-hydrogen) atoms. The van der Waals surface area contributed by atoms with Gasteiger partial charge in [0.1, 0.15) is 0 Å². The predicted octanol–water partition coefficient (Wildman–Crippen LogP) is 10.9. The van der Waals surface area contributed by atoms with Crippen LogP contribution in [0, 0.1) is 0 Å². The second kappa shape index (κ2) is 11.4. The molecule has 0 amide bonds. The maximum Gasteiger partial charge on any atom is 0.223 e. The van der Waals surface area contributed by atoms with Crippen molar-refractivity contribution in [1.29, 1.82) is 0 Å². The van der Waals surface area contributed by atoms with Crippen LogP contribution in [0.2, 0.25) is 0 Å². The molecule has 10 aromatic rings. The molecule has 236 valence electrons. The van der Waals surface area contributed by atoms with Gasteiger partial charge in [0.05, 0.1) is 38.8 Å². The summed E-state index contributed by atoms with van der Waals surface area (Å²) in [6, 6.07) is 63.7. The first-order valence-corrected chi connectivity index (χ1v) is 16.8. The Morgan fingerprint density at radius 1 is 0.360 bits per heavy atom. The van der Waals surface area contributed by atoms with Crippen LogP contribution in [0.15, 0.2) is 182 Å². The molecule has 0 aliphatic carbocycles. The third kappa shape index (κ3) is 4.43. The van der Waals surface area contributed by atoms with Crippen LogP contribution in [0.25, 0.3) is 61.5 Å². The summed E-state index contributed by atoms with van der Waals surface area (Å²) in [7, 11) is 0. The second-order valence-corrected chi connectivity index (χ2v) is 12.4. The highest BCUT2D eigenvalue weighted by atomic mass is 15.3. The molecule has 0 radical (unpaired) electrons. The van der Waals surface area contributed by atoms with E-state index in [0.29, 0.717) is 0 Å². The Morgan fingerprint density at radius 3 is 1.36 bits per heavy atom. The largest absolute Gasteiger partial charge is 0.311 e. The number of anilines is 3. The lowest BCUT2D eigenvalue weighted by atomic mass is 10.0. The summed E-state index contributed by atoms with van der Waals surface area (Å²) < 4.78 is 6.72. The molecule has 6 heteroatoms. The van der Waals surface area contributed by atoms with Gasteiger partial charge in [-0.1, -0.05) is 97.1 Å². The molecule has 0 N–H and O–H groups in total. The van der Waals surface area contributed by atoms with Crippen molar-refractivity contribution < 1.29 is 0 Å². The van der Waals surface area contributed by atoms with Crippen LogP contribution in [-0.4, -0.2) is 23.3 Å². The maximum absolute atomic E-state index is 5.26. The van der Waals surface area contributed by atoms with Crippen molar-refractivity contribution in [1.82, 2.24) is 23.3 Å². The normalized spacial score (nSPS) is 11.6. The molecule has 0 saturated heterocycles. The molecule has 0 unspecified atom stereocenters. The highest BCUT2D eigenvalue weighted by Gasteiger charge is 2.19. The molecule has 0 spiro atoms. The zero-order valence-corrected chi connectivity index (χ0v) is 27.0. The molecule has 10 rings (SSSR count). The number of aromatic nitrogens is 5. The first kappa shape index (κ1) is 28.1. The lowest BCUT2D eigenvalue weighted by molar-refractivity contribution is 1.03. The van der Waals surface area contributed by atoms with Crippen LogP contribution < -0.4 is 4.90 Å². The molecule has 0 atom stereocenters. The molecule has 0 saturated carbocycles. The predicted molar refractivity (Wildman–Crippen MR) is 205 cm³/mol. The highest BCUT2D eigenvalue weighted by molar-refractivity contribution is 5.93. The van der Waals surface area contributed by atoms with Crippen molar-refractivity contribution >= 4 is 61.7 Å². The fourth-order valence-electron chi connectivity index (χ4n) is 7.19. The van der Waals surface area contributed by atoms with Gasteiger partial charge < -0.3 is 4.90 Å². The Kier molecular flexibility index (Phi) is 6.39. The van der Waals surface area contributed by atoms with Gasteiger partial charge in [-0.15, -0.1) is 0 Å². The SMILES string of the molecule is c1ccc(N(c2ccccc2)c2ccc(-c3cccc(-n4c5nc6ccccc6n5c5ccccc5n5c6ccccc6nc45)c3)cc2)cc1. The van der Waals surface area contributed by atoms with E-state index in [0.717, 1.165) is 78.5 Å². The zero-order chi connectivity index (χ0) is 33.0. The Bertz CT molecular complexity index is 2710. The quantitative estimate of drug-likeness (QED) is 0.188. The minimum Gasteiger partial charge on any atom is -0.311 e. The van der Waals surface area contributed by atoms with E-state index < -0.39 is 0 Å². The van der Waals surface area contributed by atoms with Gasteiger partial charge in [0, 0.05) is 17.1 Å². The van der Waals surface area contributed by atoms with Gasteiger partial charge >= 0.3 is 0 Å². The van der Waals surface area contributed by atoms with E-state index in [1.807, 2.05) is 12.1 Å². The Hall–Kier alpha value is -6.92. The average molecular weight is 643 g/mol. The van der Waals surface area contributed by atoms with Gasteiger partial charge in [-0.2, -0.15) is 0 Å². The molecule has 3 aromatic heterocycles. The fourth-order valence-corrected chi connectivity index (χ4v) is 7.19. The van der Waals surface area contributed by atoms with Gasteiger partial charge in [0.15, 0.2) is 0 Å². The van der Waals surface area contributed by atoms with Crippen LogP contribution >= 0.6 is 0 Å². The van der Waals surface area contributed by atoms with Crippen molar-refractivity contribution in [3.05, 3.63) is 182 Å². The van der Waals surface area contributed by atoms with E-state index in [-0.39, 0.29) is 0 Å². The topological polar surface area (TPSA) is 42.8 Å². The molecular weight excluding hydrogens is 613 g/mol. The highest BCUT2D eigenvalue weighted by Crippen LogP contribution is 2.36. The minimum atomic E-state index is 0.793. The molecule has 0 aliphatic heterocycles. The monoisotopic (exact) mass is 642 g/mol. The molecule has 6 nitrogen and oxygen atoms in total. The van der Waals surface area contributed by atoms with E-state index >= 15 is 0 Å². The number of imidazole rings is 2. The average Bonchev–Trinajstić information content (AvgIpc) is 3.72. The van der Waals surface area contributed by atoms with Gasteiger partial charge in [-0.25, -0.2) is 14.5 Å². The van der Waals surface area contributed by atoms with Gasteiger partial charge in [0.2, 0.25) is 11.6 Å². The van der Waals surface area contributed by atoms with Crippen molar-refractivity contribution in [2.45, 2.75) is 0 Å². The smallest absolute Gasteiger partial charge is 0.223 e. The number of hydrogen-bond acceptors (Lipinski definition) is 3. The van der Waals surface area contributed by atoms with Crippen LogP contribution in [0.5, 0.6) is 0 Å². The van der Waals surface area contributed by atoms with Gasteiger partial charge in [-0.3, -0.25) is 8.80 Å². The molecule has 0 aliphatic rings. The number of nitrogens with zero attached hydrogens (tertiary/aromatic N) is 6. The van der Waals surface area contributed by atoms with Crippen molar-refractivity contribution in [3.63, 3.8) is 0 Å². The molecule has 7 aromatic carbocycles. The third-order valence-electron chi connectivity index (χ3n) is 9.44. The molecule has 0 fully saturated rings. The van der Waals surface area contributed by atoms with E-state index in [9.17, 15) is 0 Å². The summed E-state index contributed by atoms with van der Waals surface area (Å²) in [6.07, 6.45) is 0. The Labute approximate surface area is 288 Å². The summed E-state index contributed by atoms with van der Waals surface area (Å²) in [4.78, 5) is 12.8. The third-order valence-corrected chi connectivity index (χ3v) is 9.44. The van der Waals surface area contributed by atoms with Crippen LogP contribution in [0.3, 0.4) is 0 Å². The van der Waals surface area contributed by atoms with E-state index in [4.69, 9.17) is 9.97 Å². The number of fused-ring (bicyclic) bond motifs is 9. The van der Waals surface area contributed by atoms with Crippen molar-refractivity contribution in [3.8, 4) is 16.8 Å². The standard InChI is InChI=1S/C44H30N6/c1-3-15-33(16-4-1)47(34-17-5-2-6-18-34)35-28-26-31(27-29-35)32-14-13-19-36(30-32)48-43-45-37-20-7-9-22-39(37)49(43)41-24-11-12-25-42(41)50-40-23-10-8-21-38(40)46-44(48)50/h1-30H. The second-order valence-electron chi connectivity index (χ2n) is 12.4. The fraction of sp³-hybridized carbons (Fsp3) is 0. The van der Waals surface area contributed by atoms with E-state index in [1.54, 1.807) is 0 Å². The summed E-state index contributed by atoms with van der Waals surface area (Å²) >= 11 is 0. The summed E-state index contributed by atoms with van der Waals surface area (Å²) in [5.41, 5.74) is 12.6. The van der Waals surface area contributed by atoms with E-state index in [1.165, 1.54) is 0 Å².